The van der Waals surface area contributed by atoms with Crippen LogP contribution in [0.25, 0.3) is 10.9 Å². The molecule has 0 saturated carbocycles. The number of aromatic nitrogens is 1. The van der Waals surface area contributed by atoms with Gasteiger partial charge in [-0.25, -0.2) is 0 Å². The number of para-hydroxylation sites is 1. The van der Waals surface area contributed by atoms with Crippen molar-refractivity contribution < 1.29 is 5.11 Å². The van der Waals surface area contributed by atoms with Gasteiger partial charge in [0.25, 0.3) is 0 Å². The molecular formula is C12H15NO. The summed E-state index contributed by atoms with van der Waals surface area (Å²) < 4.78 is 0. The van der Waals surface area contributed by atoms with Crippen molar-refractivity contribution in [3.8, 4) is 0 Å². The van der Waals surface area contributed by atoms with E-state index >= 15 is 0 Å². The van der Waals surface area contributed by atoms with Crippen LogP contribution in [0.2, 0.25) is 0 Å². The van der Waals surface area contributed by atoms with Crippen LogP contribution in [-0.4, -0.2) is 16.7 Å². The van der Waals surface area contributed by atoms with E-state index in [2.05, 4.69) is 30.1 Å². The zero-order valence-electron chi connectivity index (χ0n) is 8.38. The van der Waals surface area contributed by atoms with Crippen molar-refractivity contribution in [3.05, 3.63) is 35.5 Å². The fraction of sp³-hybridized carbons (Fsp3) is 0.333. The van der Waals surface area contributed by atoms with E-state index in [4.69, 9.17) is 5.11 Å². The molecule has 0 atom stereocenters. The highest BCUT2D eigenvalue weighted by molar-refractivity contribution is 5.85. The van der Waals surface area contributed by atoms with E-state index in [1.807, 2.05) is 6.20 Å². The number of H-pyrrole nitrogens is 1. The van der Waals surface area contributed by atoms with E-state index < -0.39 is 0 Å². The van der Waals surface area contributed by atoms with E-state index in [-0.39, 0.29) is 6.61 Å². The molecule has 1 heterocycles. The van der Waals surface area contributed by atoms with E-state index in [0.29, 0.717) is 0 Å². The first-order chi connectivity index (χ1) is 6.83. The van der Waals surface area contributed by atoms with E-state index in [0.717, 1.165) is 12.8 Å². The van der Waals surface area contributed by atoms with Gasteiger partial charge in [-0.15, -0.1) is 0 Å². The molecule has 2 N–H and O–H groups in total. The molecule has 1 aromatic heterocycles. The quantitative estimate of drug-likeness (QED) is 0.764. The molecule has 2 nitrogen and oxygen atoms in total. The maximum atomic E-state index is 8.78. The first-order valence-corrected chi connectivity index (χ1v) is 4.99. The number of hydrogen-bond acceptors (Lipinski definition) is 1. The Morgan fingerprint density at radius 1 is 1.36 bits per heavy atom. The lowest BCUT2D eigenvalue weighted by molar-refractivity contribution is 0.289. The summed E-state index contributed by atoms with van der Waals surface area (Å²) in [6, 6.07) is 6.31. The third-order valence-corrected chi connectivity index (χ3v) is 2.61. The van der Waals surface area contributed by atoms with Gasteiger partial charge in [0.1, 0.15) is 0 Å². The number of aryl methyl sites for hydroxylation is 2. The van der Waals surface area contributed by atoms with Crippen molar-refractivity contribution >= 4 is 10.9 Å². The van der Waals surface area contributed by atoms with Gasteiger partial charge in [0.05, 0.1) is 0 Å². The van der Waals surface area contributed by atoms with Gasteiger partial charge in [-0.1, -0.05) is 18.2 Å². The van der Waals surface area contributed by atoms with E-state index in [9.17, 15) is 0 Å². The van der Waals surface area contributed by atoms with Gasteiger partial charge in [0.2, 0.25) is 0 Å². The largest absolute Gasteiger partial charge is 0.396 e. The van der Waals surface area contributed by atoms with Gasteiger partial charge in [-0.2, -0.15) is 0 Å². The number of fused-ring (bicyclic) bond motifs is 1. The van der Waals surface area contributed by atoms with Gasteiger partial charge in [0.15, 0.2) is 0 Å². The van der Waals surface area contributed by atoms with Crippen LogP contribution in [0.4, 0.5) is 0 Å². The summed E-state index contributed by atoms with van der Waals surface area (Å²) in [5.74, 6) is 0. The highest BCUT2D eigenvalue weighted by atomic mass is 16.2. The molecule has 0 radical (unpaired) electrons. The first-order valence-electron chi connectivity index (χ1n) is 4.99. The Hall–Kier alpha value is -1.28. The molecule has 1 aromatic carbocycles. The Balaban J connectivity index is 2.42. The highest BCUT2D eigenvalue weighted by Gasteiger charge is 2.03. The summed E-state index contributed by atoms with van der Waals surface area (Å²) in [5.41, 5.74) is 3.80. The minimum atomic E-state index is 0.262. The molecule has 0 saturated heterocycles. The molecule has 0 aliphatic heterocycles. The van der Waals surface area contributed by atoms with Crippen LogP contribution in [0.1, 0.15) is 17.5 Å². The number of benzene rings is 1. The molecule has 0 aliphatic rings. The van der Waals surface area contributed by atoms with Crippen LogP contribution >= 0.6 is 0 Å². The summed E-state index contributed by atoms with van der Waals surface area (Å²) in [6.45, 7) is 2.37. The highest BCUT2D eigenvalue weighted by Crippen LogP contribution is 2.21. The Morgan fingerprint density at radius 3 is 3.00 bits per heavy atom. The second-order valence-electron chi connectivity index (χ2n) is 3.64. The zero-order chi connectivity index (χ0) is 9.97. The topological polar surface area (TPSA) is 36.0 Å². The first kappa shape index (κ1) is 9.28. The van der Waals surface area contributed by atoms with Crippen molar-refractivity contribution in [1.82, 2.24) is 4.98 Å². The lowest BCUT2D eigenvalue weighted by Crippen LogP contribution is -1.87. The summed E-state index contributed by atoms with van der Waals surface area (Å²) in [4.78, 5) is 3.28. The van der Waals surface area contributed by atoms with Crippen LogP contribution in [0.5, 0.6) is 0 Å². The van der Waals surface area contributed by atoms with Crippen LogP contribution in [-0.2, 0) is 6.42 Å². The normalized spacial score (nSPS) is 11.0. The Labute approximate surface area is 83.6 Å². The molecule has 2 rings (SSSR count). The van der Waals surface area contributed by atoms with Gasteiger partial charge >= 0.3 is 0 Å². The summed E-state index contributed by atoms with van der Waals surface area (Å²) >= 11 is 0. The lowest BCUT2D eigenvalue weighted by Gasteiger charge is -1.98. The fourth-order valence-electron chi connectivity index (χ4n) is 1.84. The molecule has 2 aromatic rings. The average molecular weight is 189 g/mol. The number of aliphatic hydroxyl groups is 1. The number of hydrogen-bond donors (Lipinski definition) is 2. The average Bonchev–Trinajstić information content (AvgIpc) is 2.60. The molecule has 0 spiro atoms. The number of aliphatic hydroxyl groups excluding tert-OH is 1. The van der Waals surface area contributed by atoms with Crippen LogP contribution in [0.15, 0.2) is 24.4 Å². The number of rotatable bonds is 3. The van der Waals surface area contributed by atoms with Crippen molar-refractivity contribution in [2.75, 3.05) is 6.61 Å². The zero-order valence-corrected chi connectivity index (χ0v) is 8.38. The summed E-state index contributed by atoms with van der Waals surface area (Å²) in [7, 11) is 0. The molecule has 0 bridgehead atoms. The number of nitrogens with one attached hydrogen (secondary N) is 1. The van der Waals surface area contributed by atoms with Gasteiger partial charge in [-0.05, 0) is 30.9 Å². The second-order valence-corrected chi connectivity index (χ2v) is 3.64. The molecule has 0 amide bonds. The van der Waals surface area contributed by atoms with Crippen molar-refractivity contribution in [1.29, 1.82) is 0 Å². The number of aromatic amines is 1. The maximum Gasteiger partial charge on any atom is 0.0486 e. The van der Waals surface area contributed by atoms with Crippen molar-refractivity contribution in [2.45, 2.75) is 19.8 Å². The molecule has 74 valence electrons. The molecule has 0 fully saturated rings. The third kappa shape index (κ3) is 1.53. The van der Waals surface area contributed by atoms with Gasteiger partial charge in [0, 0.05) is 23.7 Å². The van der Waals surface area contributed by atoms with Gasteiger partial charge in [-0.3, -0.25) is 0 Å². The maximum absolute atomic E-state index is 8.78. The van der Waals surface area contributed by atoms with Gasteiger partial charge < -0.3 is 10.1 Å². The van der Waals surface area contributed by atoms with Crippen LogP contribution in [0.3, 0.4) is 0 Å². The Kier molecular flexibility index (Phi) is 2.55. The smallest absolute Gasteiger partial charge is 0.0486 e. The Morgan fingerprint density at radius 2 is 2.21 bits per heavy atom. The third-order valence-electron chi connectivity index (χ3n) is 2.61. The standard InChI is InChI=1S/C12H15NO/c1-9-4-2-6-11-10(5-3-7-14)8-13-12(9)11/h2,4,6,8,13-14H,3,5,7H2,1H3. The van der Waals surface area contributed by atoms with Crippen molar-refractivity contribution in [3.63, 3.8) is 0 Å². The summed E-state index contributed by atoms with van der Waals surface area (Å²) in [5, 5.41) is 10.1. The summed E-state index contributed by atoms with van der Waals surface area (Å²) in [6.07, 6.45) is 3.83. The lowest BCUT2D eigenvalue weighted by atomic mass is 10.1. The molecule has 14 heavy (non-hydrogen) atoms. The second kappa shape index (κ2) is 3.84. The minimum absolute atomic E-state index is 0.262. The SMILES string of the molecule is Cc1cccc2c(CCCO)c[nH]c12. The Bertz CT molecular complexity index is 431. The van der Waals surface area contributed by atoms with E-state index in [1.54, 1.807) is 0 Å². The molecular weight excluding hydrogens is 174 g/mol. The minimum Gasteiger partial charge on any atom is -0.396 e. The monoisotopic (exact) mass is 189 g/mol. The van der Waals surface area contributed by atoms with Crippen molar-refractivity contribution in [2.24, 2.45) is 0 Å². The predicted octanol–water partition coefficient (Wildman–Crippen LogP) is 2.40. The molecule has 2 heteroatoms. The van der Waals surface area contributed by atoms with Crippen LogP contribution < -0.4 is 0 Å². The molecule has 0 unspecified atom stereocenters. The molecule has 0 aliphatic carbocycles. The van der Waals surface area contributed by atoms with Crippen LogP contribution in [0, 0.1) is 6.92 Å². The van der Waals surface area contributed by atoms with E-state index in [1.165, 1.54) is 22.0 Å². The fourth-order valence-corrected chi connectivity index (χ4v) is 1.84. The predicted molar refractivity (Wildman–Crippen MR) is 58.4 cm³/mol.